The molecule has 0 aromatic heterocycles. The maximum absolute atomic E-state index is 13.6. The van der Waals surface area contributed by atoms with Crippen molar-refractivity contribution in [2.45, 2.75) is 12.0 Å². The summed E-state index contributed by atoms with van der Waals surface area (Å²) in [4.78, 5) is 17.9. The molecule has 0 bridgehead atoms. The third kappa shape index (κ3) is 4.31. The molecule has 4 nitrogen and oxygen atoms in total. The van der Waals surface area contributed by atoms with E-state index in [0.29, 0.717) is 26.1 Å². The van der Waals surface area contributed by atoms with Crippen LogP contribution >= 0.6 is 0 Å². The molecule has 30 heavy (non-hydrogen) atoms. The zero-order chi connectivity index (χ0) is 21.1. The highest BCUT2D eigenvalue weighted by atomic mass is 16.3. The molecule has 156 valence electrons. The fourth-order valence-electron chi connectivity index (χ4n) is 4.63. The van der Waals surface area contributed by atoms with Gasteiger partial charge in [0.25, 0.3) is 0 Å². The Hall–Kier alpha value is -2.53. The highest BCUT2D eigenvalue weighted by Crippen LogP contribution is 2.39. The van der Waals surface area contributed by atoms with E-state index in [1.807, 2.05) is 73.8 Å². The van der Waals surface area contributed by atoms with Gasteiger partial charge in [0.1, 0.15) is 0 Å². The summed E-state index contributed by atoms with van der Waals surface area (Å²) in [6, 6.07) is 20.0. The topological polar surface area (TPSA) is 43.8 Å². The highest BCUT2D eigenvalue weighted by Gasteiger charge is 2.48. The smallest absolute Gasteiger partial charge is 0.167 e. The average Bonchev–Trinajstić information content (AvgIpc) is 2.75. The first kappa shape index (κ1) is 20.7. The maximum Gasteiger partial charge on any atom is 0.167 e. The minimum Gasteiger partial charge on any atom is -0.385 e. The van der Waals surface area contributed by atoms with Crippen molar-refractivity contribution in [2.24, 2.45) is 5.92 Å². The molecule has 2 saturated heterocycles. The molecule has 4 heteroatoms. The van der Waals surface area contributed by atoms with Crippen molar-refractivity contribution in [1.82, 2.24) is 9.80 Å². The second-order valence-electron chi connectivity index (χ2n) is 8.69. The number of benzene rings is 2. The predicted molar refractivity (Wildman–Crippen MR) is 122 cm³/mol. The average molecular weight is 403 g/mol. The normalized spacial score (nSPS) is 28.9. The number of nitrogens with zero attached hydrogens (tertiary/aromatic N) is 2. The van der Waals surface area contributed by atoms with E-state index in [1.54, 1.807) is 0 Å². The van der Waals surface area contributed by atoms with Gasteiger partial charge in [-0.3, -0.25) is 4.79 Å². The minimum absolute atomic E-state index is 0.0722. The number of likely N-dealkylation sites (N-methyl/N-ethyl adjacent to an activating group) is 2. The molecular weight excluding hydrogens is 372 g/mol. The van der Waals surface area contributed by atoms with E-state index in [0.717, 1.165) is 28.8 Å². The van der Waals surface area contributed by atoms with Gasteiger partial charge in [0, 0.05) is 31.8 Å². The minimum atomic E-state index is -1.14. The van der Waals surface area contributed by atoms with E-state index in [4.69, 9.17) is 0 Å². The summed E-state index contributed by atoms with van der Waals surface area (Å²) in [5, 5.41) is 11.9. The Labute approximate surface area is 179 Å². The molecule has 2 aromatic carbocycles. The molecule has 2 heterocycles. The largest absolute Gasteiger partial charge is 0.385 e. The summed E-state index contributed by atoms with van der Waals surface area (Å²) in [5.41, 5.74) is 2.63. The molecule has 0 saturated carbocycles. The lowest BCUT2D eigenvalue weighted by molar-refractivity contribution is -0.131. The Morgan fingerprint density at radius 1 is 0.900 bits per heavy atom. The van der Waals surface area contributed by atoms with Crippen LogP contribution in [0.25, 0.3) is 12.2 Å². The summed E-state index contributed by atoms with van der Waals surface area (Å²) in [6.07, 6.45) is 4.60. The quantitative estimate of drug-likeness (QED) is 0.800. The van der Waals surface area contributed by atoms with E-state index in [-0.39, 0.29) is 5.78 Å². The van der Waals surface area contributed by atoms with Gasteiger partial charge in [0.05, 0.1) is 11.5 Å². The molecule has 2 aliphatic heterocycles. The van der Waals surface area contributed by atoms with Crippen LogP contribution in [0.2, 0.25) is 0 Å². The number of Topliss-reactive ketones (excluding diaryl/α,β-unsaturated/α-hetero) is 1. The van der Waals surface area contributed by atoms with Gasteiger partial charge in [0.2, 0.25) is 0 Å². The number of carbonyl (C=O) groups is 1. The van der Waals surface area contributed by atoms with Crippen molar-refractivity contribution in [3.05, 3.63) is 82.9 Å². The lowest BCUT2D eigenvalue weighted by Gasteiger charge is -2.46. The monoisotopic (exact) mass is 402 g/mol. The van der Waals surface area contributed by atoms with Crippen LogP contribution < -0.4 is 0 Å². The van der Waals surface area contributed by atoms with E-state index >= 15 is 0 Å². The SMILES string of the molecule is CN1CCC(O)(C2CN(C)C/C(=C\c3ccccc3)C2=O)/C(=C/c2ccccc2)C1. The van der Waals surface area contributed by atoms with E-state index in [2.05, 4.69) is 22.9 Å². The molecule has 2 atom stereocenters. The van der Waals surface area contributed by atoms with Gasteiger partial charge in [0.15, 0.2) is 5.78 Å². The van der Waals surface area contributed by atoms with Gasteiger partial charge in [-0.2, -0.15) is 0 Å². The second-order valence-corrected chi connectivity index (χ2v) is 8.69. The molecule has 2 aromatic rings. The van der Waals surface area contributed by atoms with Crippen molar-refractivity contribution >= 4 is 17.9 Å². The van der Waals surface area contributed by atoms with Crippen LogP contribution in [0.5, 0.6) is 0 Å². The van der Waals surface area contributed by atoms with Crippen molar-refractivity contribution in [3.8, 4) is 0 Å². The number of rotatable bonds is 3. The first-order chi connectivity index (χ1) is 14.5. The second kappa shape index (κ2) is 8.68. The maximum atomic E-state index is 13.6. The Morgan fingerprint density at radius 2 is 1.50 bits per heavy atom. The molecule has 2 fully saturated rings. The van der Waals surface area contributed by atoms with Gasteiger partial charge in [-0.05, 0) is 43.3 Å². The van der Waals surface area contributed by atoms with E-state index in [9.17, 15) is 9.90 Å². The lowest BCUT2D eigenvalue weighted by Crippen LogP contribution is -2.57. The van der Waals surface area contributed by atoms with Crippen LogP contribution in [0, 0.1) is 5.92 Å². The number of hydrogen-bond acceptors (Lipinski definition) is 4. The van der Waals surface area contributed by atoms with Gasteiger partial charge in [-0.15, -0.1) is 0 Å². The Kier molecular flexibility index (Phi) is 6.00. The third-order valence-electron chi connectivity index (χ3n) is 6.30. The third-order valence-corrected chi connectivity index (χ3v) is 6.30. The summed E-state index contributed by atoms with van der Waals surface area (Å²) in [5.74, 6) is -0.391. The van der Waals surface area contributed by atoms with Crippen LogP contribution in [0.4, 0.5) is 0 Å². The predicted octanol–water partition coefficient (Wildman–Crippen LogP) is 3.35. The number of ketones is 1. The lowest BCUT2D eigenvalue weighted by atomic mass is 9.70. The van der Waals surface area contributed by atoms with Gasteiger partial charge in [-0.25, -0.2) is 0 Å². The standard InChI is InChI=1S/C26H30N2O2/c1-27-14-13-26(30,23(18-27)16-21-11-7-4-8-12-21)24-19-28(2)17-22(25(24)29)15-20-9-5-3-6-10-20/h3-12,15-16,24,30H,13-14,17-19H2,1-2H3/b22-15+,23-16+. The number of hydrogen-bond donors (Lipinski definition) is 1. The summed E-state index contributed by atoms with van der Waals surface area (Å²) < 4.78 is 0. The molecule has 4 rings (SSSR count). The molecule has 2 unspecified atom stereocenters. The summed E-state index contributed by atoms with van der Waals surface area (Å²) in [6.45, 7) is 2.61. The summed E-state index contributed by atoms with van der Waals surface area (Å²) in [7, 11) is 4.09. The van der Waals surface area contributed by atoms with Crippen molar-refractivity contribution in [3.63, 3.8) is 0 Å². The molecule has 0 radical (unpaired) electrons. The first-order valence-corrected chi connectivity index (χ1v) is 10.6. The zero-order valence-corrected chi connectivity index (χ0v) is 17.8. The van der Waals surface area contributed by atoms with Crippen LogP contribution in [0.3, 0.4) is 0 Å². The van der Waals surface area contributed by atoms with Crippen LogP contribution in [0.1, 0.15) is 17.5 Å². The van der Waals surface area contributed by atoms with Gasteiger partial charge >= 0.3 is 0 Å². The fourth-order valence-corrected chi connectivity index (χ4v) is 4.63. The fraction of sp³-hybridized carbons (Fsp3) is 0.346. The first-order valence-electron chi connectivity index (χ1n) is 10.6. The molecular formula is C26H30N2O2. The highest BCUT2D eigenvalue weighted by molar-refractivity contribution is 6.03. The number of aliphatic hydroxyl groups is 1. The molecule has 0 amide bonds. The van der Waals surface area contributed by atoms with Crippen LogP contribution in [-0.4, -0.2) is 66.6 Å². The molecule has 2 aliphatic rings. The van der Waals surface area contributed by atoms with Crippen LogP contribution in [-0.2, 0) is 4.79 Å². The van der Waals surface area contributed by atoms with Gasteiger partial charge in [-0.1, -0.05) is 66.7 Å². The Bertz CT molecular complexity index is 952. The van der Waals surface area contributed by atoms with Crippen LogP contribution in [0.15, 0.2) is 71.8 Å². The number of likely N-dealkylation sites (tertiary alicyclic amines) is 2. The Morgan fingerprint density at radius 3 is 2.13 bits per heavy atom. The number of piperidine rings is 2. The Balaban J connectivity index is 1.71. The van der Waals surface area contributed by atoms with Crippen molar-refractivity contribution < 1.29 is 9.90 Å². The molecule has 0 aliphatic carbocycles. The van der Waals surface area contributed by atoms with Crippen molar-refractivity contribution in [1.29, 1.82) is 0 Å². The zero-order valence-electron chi connectivity index (χ0n) is 17.8. The van der Waals surface area contributed by atoms with Crippen molar-refractivity contribution in [2.75, 3.05) is 40.3 Å². The van der Waals surface area contributed by atoms with E-state index < -0.39 is 11.5 Å². The summed E-state index contributed by atoms with van der Waals surface area (Å²) >= 11 is 0. The molecule has 1 N–H and O–H groups in total. The van der Waals surface area contributed by atoms with Gasteiger partial charge < -0.3 is 14.9 Å². The van der Waals surface area contributed by atoms with E-state index in [1.165, 1.54) is 0 Å². The number of carbonyl (C=O) groups excluding carboxylic acids is 1. The molecule has 0 spiro atoms.